The molecule has 94 valence electrons. The number of nitrogens with one attached hydrogen (secondary N) is 1. The van der Waals surface area contributed by atoms with Crippen LogP contribution in [0.15, 0.2) is 18.3 Å². The SMILES string of the molecule is Cc1nn(C)cc1Nc1ccc([N+](=O)[O-])c(C)n1. The maximum absolute atomic E-state index is 10.7. The largest absolute Gasteiger partial charge is 0.337 e. The number of nitrogens with zero attached hydrogens (tertiary/aromatic N) is 4. The average Bonchev–Trinajstić information content (AvgIpc) is 2.57. The molecule has 0 saturated heterocycles. The van der Waals surface area contributed by atoms with Crippen molar-refractivity contribution in [1.29, 1.82) is 0 Å². The maximum Gasteiger partial charge on any atom is 0.290 e. The molecule has 2 aromatic rings. The molecule has 2 aromatic heterocycles. The van der Waals surface area contributed by atoms with Gasteiger partial charge in [0.2, 0.25) is 0 Å². The van der Waals surface area contributed by atoms with E-state index in [0.717, 1.165) is 11.4 Å². The quantitative estimate of drug-likeness (QED) is 0.663. The predicted molar refractivity (Wildman–Crippen MR) is 66.9 cm³/mol. The smallest absolute Gasteiger partial charge is 0.290 e. The Morgan fingerprint density at radius 1 is 1.33 bits per heavy atom. The van der Waals surface area contributed by atoms with E-state index in [1.54, 1.807) is 17.7 Å². The van der Waals surface area contributed by atoms with Crippen LogP contribution in [0.3, 0.4) is 0 Å². The van der Waals surface area contributed by atoms with Gasteiger partial charge >= 0.3 is 0 Å². The first kappa shape index (κ1) is 12.0. The third-order valence-electron chi connectivity index (χ3n) is 2.53. The summed E-state index contributed by atoms with van der Waals surface area (Å²) in [5, 5.41) is 18.0. The van der Waals surface area contributed by atoms with Gasteiger partial charge in [0.15, 0.2) is 0 Å². The van der Waals surface area contributed by atoms with Crippen molar-refractivity contribution in [2.24, 2.45) is 7.05 Å². The number of rotatable bonds is 3. The van der Waals surface area contributed by atoms with Crippen molar-refractivity contribution in [2.45, 2.75) is 13.8 Å². The van der Waals surface area contributed by atoms with Crippen LogP contribution in [0, 0.1) is 24.0 Å². The molecule has 0 amide bonds. The molecule has 0 saturated carbocycles. The van der Waals surface area contributed by atoms with Crippen molar-refractivity contribution in [3.63, 3.8) is 0 Å². The van der Waals surface area contributed by atoms with E-state index in [0.29, 0.717) is 11.5 Å². The molecule has 0 aliphatic heterocycles. The van der Waals surface area contributed by atoms with E-state index in [9.17, 15) is 10.1 Å². The Bertz CT molecular complexity index is 605. The summed E-state index contributed by atoms with van der Waals surface area (Å²) in [5.41, 5.74) is 2.07. The molecule has 0 aliphatic rings. The number of pyridine rings is 1. The molecule has 2 heterocycles. The molecule has 7 nitrogen and oxygen atoms in total. The highest BCUT2D eigenvalue weighted by molar-refractivity contribution is 5.59. The number of nitro groups is 1. The Kier molecular flexibility index (Phi) is 2.97. The summed E-state index contributed by atoms with van der Waals surface area (Å²) >= 11 is 0. The lowest BCUT2D eigenvalue weighted by atomic mass is 10.3. The zero-order valence-corrected chi connectivity index (χ0v) is 10.3. The van der Waals surface area contributed by atoms with Gasteiger partial charge in [-0.3, -0.25) is 14.8 Å². The summed E-state index contributed by atoms with van der Waals surface area (Å²) in [6.45, 7) is 3.49. The second-order valence-corrected chi connectivity index (χ2v) is 3.98. The van der Waals surface area contributed by atoms with Crippen LogP contribution in [0.2, 0.25) is 0 Å². The van der Waals surface area contributed by atoms with Gasteiger partial charge in [-0.15, -0.1) is 0 Å². The topological polar surface area (TPSA) is 85.9 Å². The lowest BCUT2D eigenvalue weighted by Gasteiger charge is -2.04. The Morgan fingerprint density at radius 2 is 2.06 bits per heavy atom. The molecule has 0 spiro atoms. The molecule has 1 N–H and O–H groups in total. The van der Waals surface area contributed by atoms with Gasteiger partial charge in [0.05, 0.1) is 16.3 Å². The summed E-state index contributed by atoms with van der Waals surface area (Å²) < 4.78 is 1.69. The first-order chi connectivity index (χ1) is 8.47. The molecule has 0 bridgehead atoms. The maximum atomic E-state index is 10.7. The third kappa shape index (κ3) is 2.29. The van der Waals surface area contributed by atoms with E-state index in [2.05, 4.69) is 15.4 Å². The van der Waals surface area contributed by atoms with Gasteiger partial charge in [-0.2, -0.15) is 5.10 Å². The van der Waals surface area contributed by atoms with Gasteiger partial charge in [0, 0.05) is 19.3 Å². The molecule has 0 radical (unpaired) electrons. The van der Waals surface area contributed by atoms with Gasteiger partial charge in [-0.1, -0.05) is 0 Å². The lowest BCUT2D eigenvalue weighted by Crippen LogP contribution is -1.99. The highest BCUT2D eigenvalue weighted by atomic mass is 16.6. The van der Waals surface area contributed by atoms with Crippen molar-refractivity contribution in [3.05, 3.63) is 39.8 Å². The normalized spacial score (nSPS) is 10.4. The highest BCUT2D eigenvalue weighted by Crippen LogP contribution is 2.21. The fourth-order valence-electron chi connectivity index (χ4n) is 1.68. The minimum atomic E-state index is -0.443. The zero-order chi connectivity index (χ0) is 13.3. The minimum absolute atomic E-state index is 0.0171. The standard InChI is InChI=1S/C11H13N5O2/c1-7-9(6-15(3)14-7)13-11-5-4-10(16(17)18)8(2)12-11/h4-6H,1-3H3,(H,12,13). The zero-order valence-electron chi connectivity index (χ0n) is 10.3. The number of anilines is 2. The minimum Gasteiger partial charge on any atom is -0.337 e. The van der Waals surface area contributed by atoms with Gasteiger partial charge in [0.25, 0.3) is 5.69 Å². The van der Waals surface area contributed by atoms with Crippen LogP contribution < -0.4 is 5.32 Å². The van der Waals surface area contributed by atoms with Crippen LogP contribution in [0.4, 0.5) is 17.2 Å². The van der Waals surface area contributed by atoms with E-state index in [1.807, 2.05) is 20.2 Å². The van der Waals surface area contributed by atoms with Crippen molar-refractivity contribution in [2.75, 3.05) is 5.32 Å². The van der Waals surface area contributed by atoms with Gasteiger partial charge < -0.3 is 5.32 Å². The molecule has 0 fully saturated rings. The first-order valence-electron chi connectivity index (χ1n) is 5.36. The van der Waals surface area contributed by atoms with Crippen molar-refractivity contribution in [3.8, 4) is 0 Å². The monoisotopic (exact) mass is 247 g/mol. The molecule has 7 heteroatoms. The fraction of sp³-hybridized carbons (Fsp3) is 0.273. The Morgan fingerprint density at radius 3 is 2.56 bits per heavy atom. The van der Waals surface area contributed by atoms with Crippen LogP contribution in [0.5, 0.6) is 0 Å². The second-order valence-electron chi connectivity index (χ2n) is 3.98. The van der Waals surface area contributed by atoms with Crippen LogP contribution in [-0.4, -0.2) is 19.7 Å². The van der Waals surface area contributed by atoms with Crippen LogP contribution in [0.25, 0.3) is 0 Å². The second kappa shape index (κ2) is 4.44. The molecule has 0 aliphatic carbocycles. The summed E-state index contributed by atoms with van der Waals surface area (Å²) in [6.07, 6.45) is 1.83. The lowest BCUT2D eigenvalue weighted by molar-refractivity contribution is -0.385. The Labute approximate surface area is 104 Å². The number of hydrogen-bond donors (Lipinski definition) is 1. The van der Waals surface area contributed by atoms with Crippen LogP contribution in [-0.2, 0) is 7.05 Å². The van der Waals surface area contributed by atoms with Crippen LogP contribution >= 0.6 is 0 Å². The predicted octanol–water partition coefficient (Wildman–Crippen LogP) is 2.08. The number of aromatic nitrogens is 3. The van der Waals surface area contributed by atoms with Crippen molar-refractivity contribution >= 4 is 17.2 Å². The van der Waals surface area contributed by atoms with E-state index >= 15 is 0 Å². The summed E-state index contributed by atoms with van der Waals surface area (Å²) in [6, 6.07) is 3.02. The van der Waals surface area contributed by atoms with Crippen LogP contribution in [0.1, 0.15) is 11.4 Å². The average molecular weight is 247 g/mol. The molecular weight excluding hydrogens is 234 g/mol. The summed E-state index contributed by atoms with van der Waals surface area (Å²) in [4.78, 5) is 14.4. The van der Waals surface area contributed by atoms with E-state index in [4.69, 9.17) is 0 Å². The number of aryl methyl sites for hydroxylation is 3. The number of hydrogen-bond acceptors (Lipinski definition) is 5. The van der Waals surface area contributed by atoms with Gasteiger partial charge in [-0.25, -0.2) is 4.98 Å². The van der Waals surface area contributed by atoms with Crippen molar-refractivity contribution in [1.82, 2.24) is 14.8 Å². The highest BCUT2D eigenvalue weighted by Gasteiger charge is 2.12. The summed E-state index contributed by atoms with van der Waals surface area (Å²) in [7, 11) is 1.83. The van der Waals surface area contributed by atoms with Gasteiger partial charge in [0.1, 0.15) is 11.5 Å². The Hall–Kier alpha value is -2.44. The third-order valence-corrected chi connectivity index (χ3v) is 2.53. The first-order valence-corrected chi connectivity index (χ1v) is 5.36. The summed E-state index contributed by atoms with van der Waals surface area (Å²) in [5.74, 6) is 0.564. The van der Waals surface area contributed by atoms with E-state index < -0.39 is 4.92 Å². The van der Waals surface area contributed by atoms with E-state index in [-0.39, 0.29) is 5.69 Å². The molecule has 0 unspecified atom stereocenters. The molecular formula is C11H13N5O2. The van der Waals surface area contributed by atoms with Crippen molar-refractivity contribution < 1.29 is 4.92 Å². The van der Waals surface area contributed by atoms with Gasteiger partial charge in [-0.05, 0) is 19.9 Å². The molecule has 2 rings (SSSR count). The molecule has 18 heavy (non-hydrogen) atoms. The fourth-order valence-corrected chi connectivity index (χ4v) is 1.68. The Balaban J connectivity index is 2.28. The molecule has 0 atom stereocenters. The van der Waals surface area contributed by atoms with E-state index in [1.165, 1.54) is 6.07 Å². The molecule has 0 aromatic carbocycles.